The number of fused-ring (bicyclic) bond motifs is 3. The van der Waals surface area contributed by atoms with E-state index >= 15 is 0 Å². The largest absolute Gasteiger partial charge is 0.344 e. The Morgan fingerprint density at radius 1 is 0.962 bits per heavy atom. The van der Waals surface area contributed by atoms with Crippen molar-refractivity contribution in [3.8, 4) is 0 Å². The third-order valence-corrected chi connectivity index (χ3v) is 6.50. The van der Waals surface area contributed by atoms with Crippen molar-refractivity contribution in [3.05, 3.63) is 70.4 Å². The van der Waals surface area contributed by atoms with Gasteiger partial charge in [0.1, 0.15) is 0 Å². The van der Waals surface area contributed by atoms with Gasteiger partial charge in [0.15, 0.2) is 0 Å². The number of aromatic nitrogens is 1. The van der Waals surface area contributed by atoms with E-state index in [1.165, 1.54) is 48.7 Å². The molecule has 2 heteroatoms. The highest BCUT2D eigenvalue weighted by atomic mass is 15.1. The Kier molecular flexibility index (Phi) is 3.90. The van der Waals surface area contributed by atoms with Gasteiger partial charge in [-0.1, -0.05) is 42.0 Å². The van der Waals surface area contributed by atoms with Gasteiger partial charge in [0.05, 0.1) is 5.52 Å². The first kappa shape index (κ1) is 16.1. The molecule has 3 heterocycles. The number of nitrogens with zero attached hydrogens (tertiary/aromatic N) is 2. The summed E-state index contributed by atoms with van der Waals surface area (Å²) in [6.07, 6.45) is 4.90. The zero-order chi connectivity index (χ0) is 17.7. The van der Waals surface area contributed by atoms with Crippen molar-refractivity contribution in [2.24, 2.45) is 0 Å². The summed E-state index contributed by atoms with van der Waals surface area (Å²) in [6.45, 7) is 5.70. The summed E-state index contributed by atoms with van der Waals surface area (Å²) in [7, 11) is 2.26. The predicted octanol–water partition coefficient (Wildman–Crippen LogP) is 5.06. The molecule has 2 aliphatic rings. The topological polar surface area (TPSA) is 8.17 Å². The molecule has 0 radical (unpaired) electrons. The number of rotatable bonds is 1. The third-order valence-electron chi connectivity index (χ3n) is 6.50. The molecule has 5 rings (SSSR count). The van der Waals surface area contributed by atoms with E-state index in [1.54, 1.807) is 22.3 Å². The fourth-order valence-corrected chi connectivity index (χ4v) is 5.22. The molecule has 2 nitrogen and oxygen atoms in total. The molecule has 0 spiro atoms. The molecule has 1 aromatic heterocycles. The Morgan fingerprint density at radius 3 is 2.65 bits per heavy atom. The van der Waals surface area contributed by atoms with Crippen molar-refractivity contribution in [1.29, 1.82) is 0 Å². The van der Waals surface area contributed by atoms with E-state index in [0.717, 1.165) is 13.1 Å². The molecule has 0 bridgehead atoms. The molecule has 3 aromatic rings. The van der Waals surface area contributed by atoms with Gasteiger partial charge in [-0.25, -0.2) is 0 Å². The molecule has 0 aliphatic carbocycles. The van der Waals surface area contributed by atoms with E-state index in [2.05, 4.69) is 65.9 Å². The van der Waals surface area contributed by atoms with Crippen LogP contribution in [0.4, 0.5) is 0 Å². The summed E-state index contributed by atoms with van der Waals surface area (Å²) < 4.78 is 2.70. The molecular weight excluding hydrogens is 316 g/mol. The fourth-order valence-electron chi connectivity index (χ4n) is 5.22. The van der Waals surface area contributed by atoms with E-state index in [4.69, 9.17) is 0 Å². The van der Waals surface area contributed by atoms with Gasteiger partial charge >= 0.3 is 0 Å². The van der Waals surface area contributed by atoms with E-state index in [0.29, 0.717) is 5.92 Å². The van der Waals surface area contributed by atoms with Crippen LogP contribution in [-0.4, -0.2) is 23.1 Å². The molecule has 1 unspecified atom stereocenters. The third kappa shape index (κ3) is 2.59. The van der Waals surface area contributed by atoms with E-state index < -0.39 is 0 Å². The molecule has 1 atom stereocenters. The van der Waals surface area contributed by atoms with Gasteiger partial charge in [0.2, 0.25) is 0 Å². The molecule has 2 aromatic carbocycles. The standard InChI is InChI=1S/C24H28N2/c1-17-14-20-9-8-19(18-6-4-3-5-7-18)10-13-26-23-11-12-25(2)16-22(23)21(15-17)24(20)26/h3-7,14-15,19H,8-13,16H2,1-2H3. The second-order valence-corrected chi connectivity index (χ2v) is 8.32. The first-order valence-corrected chi connectivity index (χ1v) is 10.1. The lowest BCUT2D eigenvalue weighted by Gasteiger charge is -2.26. The lowest BCUT2D eigenvalue weighted by Crippen LogP contribution is -2.27. The van der Waals surface area contributed by atoms with Crippen LogP contribution in [0.15, 0.2) is 42.5 Å². The van der Waals surface area contributed by atoms with E-state index in [9.17, 15) is 0 Å². The highest BCUT2D eigenvalue weighted by Gasteiger charge is 2.26. The number of hydrogen-bond acceptors (Lipinski definition) is 1. The van der Waals surface area contributed by atoms with Crippen molar-refractivity contribution in [1.82, 2.24) is 9.47 Å². The first-order valence-electron chi connectivity index (χ1n) is 10.1. The van der Waals surface area contributed by atoms with Gasteiger partial charge in [0, 0.05) is 37.1 Å². The molecule has 0 N–H and O–H groups in total. The zero-order valence-electron chi connectivity index (χ0n) is 16.0. The van der Waals surface area contributed by atoms with Crippen molar-refractivity contribution >= 4 is 10.9 Å². The zero-order valence-corrected chi connectivity index (χ0v) is 16.0. The summed E-state index contributed by atoms with van der Waals surface area (Å²) in [4.78, 5) is 2.47. The van der Waals surface area contributed by atoms with E-state index in [-0.39, 0.29) is 0 Å². The Labute approximate surface area is 156 Å². The molecule has 2 aliphatic heterocycles. The monoisotopic (exact) mass is 344 g/mol. The second-order valence-electron chi connectivity index (χ2n) is 8.32. The number of likely N-dealkylation sites (N-methyl/N-ethyl adjacent to an activating group) is 1. The lowest BCUT2D eigenvalue weighted by molar-refractivity contribution is 0.308. The maximum absolute atomic E-state index is 2.70. The average Bonchev–Trinajstić information content (AvgIpc) is 2.93. The molecule has 0 fully saturated rings. The van der Waals surface area contributed by atoms with Crippen LogP contribution in [0.1, 0.15) is 46.7 Å². The van der Waals surface area contributed by atoms with Crippen LogP contribution in [0.2, 0.25) is 0 Å². The van der Waals surface area contributed by atoms with Crippen LogP contribution in [0.3, 0.4) is 0 Å². The summed E-state index contributed by atoms with van der Waals surface area (Å²) in [5.74, 6) is 0.671. The Hall–Kier alpha value is -2.06. The van der Waals surface area contributed by atoms with Crippen LogP contribution in [-0.2, 0) is 25.9 Å². The van der Waals surface area contributed by atoms with Gasteiger partial charge in [-0.15, -0.1) is 0 Å². The van der Waals surface area contributed by atoms with Gasteiger partial charge in [-0.3, -0.25) is 0 Å². The van der Waals surface area contributed by atoms with E-state index in [1.807, 2.05) is 0 Å². The minimum atomic E-state index is 0.671. The number of aryl methyl sites for hydroxylation is 3. The van der Waals surface area contributed by atoms with Crippen LogP contribution in [0, 0.1) is 6.92 Å². The van der Waals surface area contributed by atoms with Crippen molar-refractivity contribution in [2.45, 2.75) is 51.6 Å². The lowest BCUT2D eigenvalue weighted by atomic mass is 9.88. The van der Waals surface area contributed by atoms with Crippen LogP contribution < -0.4 is 0 Å². The van der Waals surface area contributed by atoms with Gasteiger partial charge < -0.3 is 9.47 Å². The van der Waals surface area contributed by atoms with Gasteiger partial charge in [-0.2, -0.15) is 0 Å². The Balaban J connectivity index is 1.64. The van der Waals surface area contributed by atoms with Crippen molar-refractivity contribution < 1.29 is 0 Å². The Morgan fingerprint density at radius 2 is 1.81 bits per heavy atom. The maximum atomic E-state index is 2.70. The van der Waals surface area contributed by atoms with Crippen molar-refractivity contribution in [2.75, 3.05) is 13.6 Å². The Bertz CT molecular complexity index is 951. The highest BCUT2D eigenvalue weighted by Crippen LogP contribution is 2.38. The molecular formula is C24H28N2. The predicted molar refractivity (Wildman–Crippen MR) is 109 cm³/mol. The molecule has 26 heavy (non-hydrogen) atoms. The smallest absolute Gasteiger partial charge is 0.0518 e. The quantitative estimate of drug-likeness (QED) is 0.599. The highest BCUT2D eigenvalue weighted by molar-refractivity contribution is 5.89. The summed E-state index contributed by atoms with van der Waals surface area (Å²) in [6, 6.07) is 16.0. The summed E-state index contributed by atoms with van der Waals surface area (Å²) in [5, 5.41) is 1.53. The van der Waals surface area contributed by atoms with Gasteiger partial charge in [-0.05, 0) is 61.9 Å². The minimum absolute atomic E-state index is 0.671. The summed E-state index contributed by atoms with van der Waals surface area (Å²) >= 11 is 0. The normalized spacial score (nSPS) is 20.6. The first-order chi connectivity index (χ1) is 12.7. The average molecular weight is 345 g/mol. The maximum Gasteiger partial charge on any atom is 0.0518 e. The number of hydrogen-bond donors (Lipinski definition) is 0. The van der Waals surface area contributed by atoms with Crippen molar-refractivity contribution in [3.63, 3.8) is 0 Å². The molecule has 0 saturated heterocycles. The van der Waals surface area contributed by atoms with Crippen LogP contribution in [0.25, 0.3) is 10.9 Å². The van der Waals surface area contributed by atoms with Crippen LogP contribution in [0.5, 0.6) is 0 Å². The fraction of sp³-hybridized carbons (Fsp3) is 0.417. The SMILES string of the molecule is Cc1cc2c3c(c1)c1c(n3CCC(c3ccccc3)CC2)CCN(C)C1. The molecule has 0 saturated carbocycles. The van der Waals surface area contributed by atoms with Gasteiger partial charge in [0.25, 0.3) is 0 Å². The van der Waals surface area contributed by atoms with Crippen LogP contribution >= 0.6 is 0 Å². The number of benzene rings is 2. The summed E-state index contributed by atoms with van der Waals surface area (Å²) in [5.41, 5.74) is 9.24. The second kappa shape index (κ2) is 6.28. The molecule has 134 valence electrons. The minimum Gasteiger partial charge on any atom is -0.344 e. The molecule has 0 amide bonds.